The van der Waals surface area contributed by atoms with E-state index in [2.05, 4.69) is 39.8 Å². The van der Waals surface area contributed by atoms with E-state index in [1.807, 2.05) is 48.5 Å². The largest absolute Gasteiger partial charge is 0.295 e. The van der Waals surface area contributed by atoms with Crippen LogP contribution in [0.3, 0.4) is 0 Å². The molecule has 8 heteroatoms. The minimum absolute atomic E-state index is 0.152. The maximum absolute atomic E-state index is 12.6. The molecule has 4 aromatic carbocycles. The van der Waals surface area contributed by atoms with E-state index in [-0.39, 0.29) is 9.79 Å². The Hall–Kier alpha value is -2.78. The van der Waals surface area contributed by atoms with Crippen LogP contribution in [0.5, 0.6) is 0 Å². The highest BCUT2D eigenvalue weighted by molar-refractivity contribution is 7.86. The summed E-state index contributed by atoms with van der Waals surface area (Å²) in [5, 5.41) is 3.12. The van der Waals surface area contributed by atoms with Crippen LogP contribution in [0.1, 0.15) is 268 Å². The van der Waals surface area contributed by atoms with Crippen molar-refractivity contribution in [3.63, 3.8) is 0 Å². The molecule has 0 radical (unpaired) electrons. The first-order chi connectivity index (χ1) is 34.0. The van der Waals surface area contributed by atoms with E-state index in [1.165, 1.54) is 180 Å². The highest BCUT2D eigenvalue weighted by atomic mass is 32.2. The van der Waals surface area contributed by atoms with Gasteiger partial charge in [0.1, 0.15) is 9.79 Å². The molecule has 4 aromatic rings. The molecule has 0 aliphatic heterocycles. The van der Waals surface area contributed by atoms with Crippen molar-refractivity contribution in [2.75, 3.05) is 0 Å². The Bertz CT molecular complexity index is 2210. The van der Waals surface area contributed by atoms with E-state index in [0.717, 1.165) is 97.2 Å². The van der Waals surface area contributed by atoms with E-state index in [4.69, 9.17) is 0 Å². The third-order valence-corrected chi connectivity index (χ3v) is 16.5. The van der Waals surface area contributed by atoms with Crippen LogP contribution in [0.4, 0.5) is 0 Å². The number of hydrogen-bond donors (Lipinski definition) is 2. The zero-order chi connectivity index (χ0) is 50.7. The number of unbranched alkanes of at least 4 members (excludes halogenated alkanes) is 30. The number of fused-ring (bicyclic) bond motifs is 2. The average molecular weight is 1010 g/mol. The maximum Gasteiger partial charge on any atom is 0.295 e. The lowest BCUT2D eigenvalue weighted by molar-refractivity contribution is 0.480. The van der Waals surface area contributed by atoms with Gasteiger partial charge in [-0.05, 0) is 84.4 Å². The van der Waals surface area contributed by atoms with Gasteiger partial charge in [-0.3, -0.25) is 9.11 Å². The van der Waals surface area contributed by atoms with E-state index >= 15 is 0 Å². The number of aryl methyl sites for hydroxylation is 2. The summed E-state index contributed by atoms with van der Waals surface area (Å²) in [6.45, 7) is 8.98. The summed E-state index contributed by atoms with van der Waals surface area (Å²) in [4.78, 5) is 0.313. The molecular weight excluding hydrogens is 905 g/mol. The molecule has 0 spiro atoms. The van der Waals surface area contributed by atoms with Crippen molar-refractivity contribution in [2.45, 2.75) is 281 Å². The lowest BCUT2D eigenvalue weighted by atomic mass is 9.93. The molecule has 0 fully saturated rings. The number of hydrogen-bond acceptors (Lipinski definition) is 4. The van der Waals surface area contributed by atoms with Crippen LogP contribution in [0, 0.1) is 0 Å². The molecule has 0 aliphatic rings. The Kier molecular flexibility index (Phi) is 32.5. The summed E-state index contributed by atoms with van der Waals surface area (Å²) < 4.78 is 70.5. The summed E-state index contributed by atoms with van der Waals surface area (Å²) in [7, 11) is -8.58. The minimum Gasteiger partial charge on any atom is -0.282 e. The average Bonchev–Trinajstić information content (AvgIpc) is 3.33. The maximum atomic E-state index is 12.6. The van der Waals surface area contributed by atoms with Gasteiger partial charge in [-0.2, -0.15) is 16.8 Å². The van der Waals surface area contributed by atoms with Crippen molar-refractivity contribution in [1.82, 2.24) is 0 Å². The molecule has 0 atom stereocenters. The molecule has 0 heterocycles. The first-order valence-corrected chi connectivity index (χ1v) is 31.9. The zero-order valence-electron chi connectivity index (χ0n) is 45.0. The van der Waals surface area contributed by atoms with Gasteiger partial charge in [0.15, 0.2) is 0 Å². The predicted octanol–water partition coefficient (Wildman–Crippen LogP) is 19.7. The van der Waals surface area contributed by atoms with Gasteiger partial charge in [-0.1, -0.05) is 281 Å². The Morgan fingerprint density at radius 2 is 0.543 bits per heavy atom. The van der Waals surface area contributed by atoms with Gasteiger partial charge in [0.25, 0.3) is 20.2 Å². The Morgan fingerprint density at radius 1 is 0.314 bits per heavy atom. The fourth-order valence-corrected chi connectivity index (χ4v) is 12.5. The quantitative estimate of drug-likeness (QED) is 0.0339. The summed E-state index contributed by atoms with van der Waals surface area (Å²) in [6, 6.07) is 19.5. The molecule has 0 bridgehead atoms. The van der Waals surface area contributed by atoms with Crippen molar-refractivity contribution >= 4 is 41.8 Å². The SMILES string of the molecule is CCCCCCCCCCCCc1cc2ccccc2c(S(=O)(=O)O)c1CCCCCCCCCCCC.CCCCCCCCCc1cc2ccccc2c(S(=O)(=O)O)c1CCCCCCCCC. The molecule has 0 saturated heterocycles. The minimum atomic E-state index is -4.30. The second kappa shape index (κ2) is 37.0. The monoisotopic (exact) mass is 1000 g/mol. The van der Waals surface area contributed by atoms with Crippen LogP contribution in [-0.4, -0.2) is 25.9 Å². The van der Waals surface area contributed by atoms with E-state index in [9.17, 15) is 25.9 Å². The van der Waals surface area contributed by atoms with Crippen LogP contribution in [0.25, 0.3) is 21.5 Å². The lowest BCUT2D eigenvalue weighted by Gasteiger charge is -2.17. The normalized spacial score (nSPS) is 12.0. The third-order valence-electron chi connectivity index (χ3n) is 14.6. The van der Waals surface area contributed by atoms with E-state index in [0.29, 0.717) is 10.8 Å². The molecule has 70 heavy (non-hydrogen) atoms. The van der Waals surface area contributed by atoms with Crippen molar-refractivity contribution in [2.24, 2.45) is 0 Å². The molecule has 396 valence electrons. The Balaban J connectivity index is 0.000000376. The summed E-state index contributed by atoms with van der Waals surface area (Å²) in [5.74, 6) is 0. The van der Waals surface area contributed by atoms with Crippen LogP contribution in [0.2, 0.25) is 0 Å². The van der Waals surface area contributed by atoms with Gasteiger partial charge in [0, 0.05) is 10.8 Å². The summed E-state index contributed by atoms with van der Waals surface area (Å²) in [6.07, 6.45) is 45.7. The molecule has 0 unspecified atom stereocenters. The van der Waals surface area contributed by atoms with Crippen LogP contribution in [0.15, 0.2) is 70.5 Å². The van der Waals surface area contributed by atoms with Gasteiger partial charge in [0.2, 0.25) is 0 Å². The lowest BCUT2D eigenvalue weighted by Crippen LogP contribution is -2.08. The first-order valence-electron chi connectivity index (χ1n) is 29.0. The highest BCUT2D eigenvalue weighted by Crippen LogP contribution is 2.34. The van der Waals surface area contributed by atoms with Crippen molar-refractivity contribution in [1.29, 1.82) is 0 Å². The van der Waals surface area contributed by atoms with Gasteiger partial charge in [-0.25, -0.2) is 0 Å². The molecular formula is C62H100O6S2. The van der Waals surface area contributed by atoms with Crippen molar-refractivity contribution in [3.8, 4) is 0 Å². The third kappa shape index (κ3) is 24.3. The predicted molar refractivity (Wildman–Crippen MR) is 302 cm³/mol. The molecule has 0 aromatic heterocycles. The van der Waals surface area contributed by atoms with Gasteiger partial charge in [-0.15, -0.1) is 0 Å². The fourth-order valence-electron chi connectivity index (χ4n) is 10.5. The molecule has 6 nitrogen and oxygen atoms in total. The topological polar surface area (TPSA) is 109 Å². The first kappa shape index (κ1) is 61.5. The Morgan fingerprint density at radius 3 is 0.800 bits per heavy atom. The second-order valence-corrected chi connectivity index (χ2v) is 23.4. The number of rotatable bonds is 40. The molecule has 0 aliphatic carbocycles. The van der Waals surface area contributed by atoms with Crippen LogP contribution < -0.4 is 0 Å². The highest BCUT2D eigenvalue weighted by Gasteiger charge is 2.24. The van der Waals surface area contributed by atoms with Crippen molar-refractivity contribution < 1.29 is 25.9 Å². The summed E-state index contributed by atoms with van der Waals surface area (Å²) in [5.41, 5.74) is 3.94. The zero-order valence-corrected chi connectivity index (χ0v) is 46.6. The second-order valence-electron chi connectivity index (χ2n) is 20.7. The molecule has 0 saturated carbocycles. The fraction of sp³-hybridized carbons (Fsp3) is 0.677. The van der Waals surface area contributed by atoms with E-state index in [1.54, 1.807) is 0 Å². The molecule has 2 N–H and O–H groups in total. The van der Waals surface area contributed by atoms with E-state index < -0.39 is 20.2 Å². The van der Waals surface area contributed by atoms with Gasteiger partial charge < -0.3 is 0 Å². The standard InChI is InChI=1S/C34H56O3S.C28H44O3S/c1-3-5-7-9-11-13-15-17-19-21-25-30-29-31-26-23-24-28-33(31)34(38(35,36)37)32(30)27-22-20-18-16-14-12-10-8-6-4-2;1-3-5-7-9-11-13-15-19-24-23-25-20-17-18-22-27(25)28(32(29,30)31)26(24)21-16-14-12-10-8-6-4-2/h23-24,26,28-29H,3-22,25,27H2,1-2H3,(H,35,36,37);17-18,20,22-23H,3-16,19,21H2,1-2H3,(H,29,30,31). The van der Waals surface area contributed by atoms with Crippen LogP contribution in [-0.2, 0) is 45.9 Å². The van der Waals surface area contributed by atoms with Crippen LogP contribution >= 0.6 is 0 Å². The van der Waals surface area contributed by atoms with Crippen molar-refractivity contribution in [3.05, 3.63) is 82.9 Å². The summed E-state index contributed by atoms with van der Waals surface area (Å²) >= 11 is 0. The molecule has 0 amide bonds. The smallest absolute Gasteiger partial charge is 0.282 e. The van der Waals surface area contributed by atoms with Gasteiger partial charge >= 0.3 is 0 Å². The van der Waals surface area contributed by atoms with Gasteiger partial charge in [0.05, 0.1) is 0 Å². The molecule has 4 rings (SSSR count). The Labute approximate surface area is 429 Å². The number of benzene rings is 4.